The lowest BCUT2D eigenvalue weighted by molar-refractivity contribution is 0.289. The van der Waals surface area contributed by atoms with E-state index < -0.39 is 0 Å². The average Bonchev–Trinajstić information content (AvgIpc) is 1.84. The zero-order chi connectivity index (χ0) is 9.78. The van der Waals surface area contributed by atoms with Gasteiger partial charge in [0.15, 0.2) is 0 Å². The van der Waals surface area contributed by atoms with Gasteiger partial charge in [0.2, 0.25) is 0 Å². The van der Waals surface area contributed by atoms with E-state index in [0.29, 0.717) is 12.6 Å². The van der Waals surface area contributed by atoms with Gasteiger partial charge in [-0.1, -0.05) is 0 Å². The Hall–Kier alpha value is -0.120. The predicted molar refractivity (Wildman–Crippen MR) is 54.3 cm³/mol. The first-order chi connectivity index (χ1) is 5.37. The summed E-state index contributed by atoms with van der Waals surface area (Å²) in [7, 11) is 4.15. The molecule has 0 rings (SSSR count). The van der Waals surface area contributed by atoms with Gasteiger partial charge in [-0.15, -0.1) is 0 Å². The SMILES string of the molecule is CC(CN(C)C)NC(C)(C)CN. The molecule has 0 aromatic rings. The van der Waals surface area contributed by atoms with E-state index in [1.807, 2.05) is 0 Å². The number of rotatable bonds is 5. The number of nitrogens with two attached hydrogens (primary N) is 1. The molecule has 0 aliphatic rings. The average molecular weight is 173 g/mol. The number of hydrogen-bond donors (Lipinski definition) is 2. The molecule has 0 amide bonds. The summed E-state index contributed by atoms with van der Waals surface area (Å²) in [4.78, 5) is 2.17. The highest BCUT2D eigenvalue weighted by atomic mass is 15.1. The highest BCUT2D eigenvalue weighted by Crippen LogP contribution is 2.00. The first-order valence-electron chi connectivity index (χ1n) is 4.50. The van der Waals surface area contributed by atoms with Gasteiger partial charge < -0.3 is 16.0 Å². The van der Waals surface area contributed by atoms with Gasteiger partial charge in [0, 0.05) is 24.7 Å². The highest BCUT2D eigenvalue weighted by molar-refractivity contribution is 4.82. The summed E-state index contributed by atoms with van der Waals surface area (Å²) >= 11 is 0. The van der Waals surface area contributed by atoms with Crippen LogP contribution in [0.2, 0.25) is 0 Å². The smallest absolute Gasteiger partial charge is 0.0250 e. The van der Waals surface area contributed by atoms with Crippen molar-refractivity contribution in [3.63, 3.8) is 0 Å². The van der Waals surface area contributed by atoms with Crippen molar-refractivity contribution in [3.05, 3.63) is 0 Å². The summed E-state index contributed by atoms with van der Waals surface area (Å²) in [5.41, 5.74) is 5.66. The maximum Gasteiger partial charge on any atom is 0.0250 e. The summed E-state index contributed by atoms with van der Waals surface area (Å²) in [6.45, 7) is 8.14. The van der Waals surface area contributed by atoms with Crippen molar-refractivity contribution >= 4 is 0 Å². The summed E-state index contributed by atoms with van der Waals surface area (Å²) < 4.78 is 0. The third-order valence-corrected chi connectivity index (χ3v) is 1.79. The van der Waals surface area contributed by atoms with Gasteiger partial charge in [-0.2, -0.15) is 0 Å². The molecule has 0 heterocycles. The van der Waals surface area contributed by atoms with Crippen LogP contribution in [0.3, 0.4) is 0 Å². The zero-order valence-electron chi connectivity index (χ0n) is 9.02. The molecule has 1 atom stereocenters. The summed E-state index contributed by atoms with van der Waals surface area (Å²) in [5.74, 6) is 0. The normalized spacial score (nSPS) is 15.2. The third kappa shape index (κ3) is 5.52. The lowest BCUT2D eigenvalue weighted by Gasteiger charge is -2.30. The molecule has 74 valence electrons. The standard InChI is InChI=1S/C9H23N3/c1-8(6-12(4)5)11-9(2,3)7-10/h8,11H,6-7,10H2,1-5H3. The molecule has 3 nitrogen and oxygen atoms in total. The Bertz CT molecular complexity index is 121. The van der Waals surface area contributed by atoms with Gasteiger partial charge in [-0.3, -0.25) is 0 Å². The maximum atomic E-state index is 5.61. The molecule has 0 aliphatic carbocycles. The number of hydrogen-bond acceptors (Lipinski definition) is 3. The minimum Gasteiger partial charge on any atom is -0.329 e. The number of nitrogens with zero attached hydrogens (tertiary/aromatic N) is 1. The molecule has 0 saturated heterocycles. The zero-order valence-corrected chi connectivity index (χ0v) is 9.02. The lowest BCUT2D eigenvalue weighted by Crippen LogP contribution is -2.52. The topological polar surface area (TPSA) is 41.3 Å². The van der Waals surface area contributed by atoms with E-state index in [1.54, 1.807) is 0 Å². The van der Waals surface area contributed by atoms with E-state index in [9.17, 15) is 0 Å². The van der Waals surface area contributed by atoms with Crippen LogP contribution in [0.25, 0.3) is 0 Å². The monoisotopic (exact) mass is 173 g/mol. The van der Waals surface area contributed by atoms with Crippen molar-refractivity contribution in [3.8, 4) is 0 Å². The number of nitrogens with one attached hydrogen (secondary N) is 1. The van der Waals surface area contributed by atoms with Crippen molar-refractivity contribution in [1.29, 1.82) is 0 Å². The fourth-order valence-corrected chi connectivity index (χ4v) is 1.32. The van der Waals surface area contributed by atoms with E-state index in [4.69, 9.17) is 5.73 Å². The van der Waals surface area contributed by atoms with Crippen LogP contribution in [0.15, 0.2) is 0 Å². The highest BCUT2D eigenvalue weighted by Gasteiger charge is 2.17. The second-order valence-corrected chi connectivity index (χ2v) is 4.40. The Balaban J connectivity index is 3.75. The first-order valence-corrected chi connectivity index (χ1v) is 4.50. The molecule has 0 saturated carbocycles. The van der Waals surface area contributed by atoms with Crippen LogP contribution >= 0.6 is 0 Å². The van der Waals surface area contributed by atoms with Crippen molar-refractivity contribution in [2.24, 2.45) is 5.73 Å². The van der Waals surface area contributed by atoms with Gasteiger partial charge in [0.1, 0.15) is 0 Å². The lowest BCUT2D eigenvalue weighted by atomic mass is 10.0. The van der Waals surface area contributed by atoms with E-state index in [-0.39, 0.29) is 5.54 Å². The predicted octanol–water partition coefficient (Wildman–Crippen LogP) is 0.263. The molecule has 12 heavy (non-hydrogen) atoms. The van der Waals surface area contributed by atoms with Crippen molar-refractivity contribution in [2.75, 3.05) is 27.2 Å². The molecule has 1 unspecified atom stereocenters. The molecule has 3 N–H and O–H groups in total. The van der Waals surface area contributed by atoms with Gasteiger partial charge in [-0.05, 0) is 34.9 Å². The molecule has 0 aliphatic heterocycles. The van der Waals surface area contributed by atoms with E-state index >= 15 is 0 Å². The Kier molecular flexibility index (Phi) is 4.75. The molecule has 0 fully saturated rings. The Morgan fingerprint density at radius 1 is 1.42 bits per heavy atom. The summed E-state index contributed by atoms with van der Waals surface area (Å²) in [5, 5.41) is 3.47. The summed E-state index contributed by atoms with van der Waals surface area (Å²) in [6.07, 6.45) is 0. The second-order valence-electron chi connectivity index (χ2n) is 4.40. The Labute approximate surface area is 76.3 Å². The van der Waals surface area contributed by atoms with Crippen LogP contribution in [0.5, 0.6) is 0 Å². The van der Waals surface area contributed by atoms with Crippen molar-refractivity contribution in [2.45, 2.75) is 32.4 Å². The largest absolute Gasteiger partial charge is 0.329 e. The Morgan fingerprint density at radius 3 is 2.25 bits per heavy atom. The van der Waals surface area contributed by atoms with Crippen LogP contribution in [0.4, 0.5) is 0 Å². The van der Waals surface area contributed by atoms with E-state index in [2.05, 4.69) is 45.1 Å². The molecule has 0 aromatic carbocycles. The van der Waals surface area contributed by atoms with E-state index in [1.165, 1.54) is 0 Å². The second kappa shape index (κ2) is 4.80. The minimum absolute atomic E-state index is 0.0510. The van der Waals surface area contributed by atoms with Gasteiger partial charge in [0.05, 0.1) is 0 Å². The minimum atomic E-state index is 0.0510. The van der Waals surface area contributed by atoms with Crippen LogP contribution in [-0.4, -0.2) is 43.7 Å². The van der Waals surface area contributed by atoms with Crippen LogP contribution in [0.1, 0.15) is 20.8 Å². The van der Waals surface area contributed by atoms with Crippen LogP contribution < -0.4 is 11.1 Å². The molecule has 3 heteroatoms. The van der Waals surface area contributed by atoms with Gasteiger partial charge in [-0.25, -0.2) is 0 Å². The maximum absolute atomic E-state index is 5.61. The molecular weight excluding hydrogens is 150 g/mol. The molecular formula is C9H23N3. The first kappa shape index (κ1) is 11.9. The van der Waals surface area contributed by atoms with E-state index in [0.717, 1.165) is 6.54 Å². The fourth-order valence-electron chi connectivity index (χ4n) is 1.32. The fraction of sp³-hybridized carbons (Fsp3) is 1.00. The van der Waals surface area contributed by atoms with Gasteiger partial charge >= 0.3 is 0 Å². The third-order valence-electron chi connectivity index (χ3n) is 1.79. The van der Waals surface area contributed by atoms with Crippen molar-refractivity contribution in [1.82, 2.24) is 10.2 Å². The molecule has 0 bridgehead atoms. The Morgan fingerprint density at radius 2 is 1.92 bits per heavy atom. The number of likely N-dealkylation sites (N-methyl/N-ethyl adjacent to an activating group) is 1. The molecule has 0 spiro atoms. The molecule has 0 radical (unpaired) electrons. The van der Waals surface area contributed by atoms with Crippen LogP contribution in [0, 0.1) is 0 Å². The van der Waals surface area contributed by atoms with Gasteiger partial charge in [0.25, 0.3) is 0 Å². The van der Waals surface area contributed by atoms with Crippen LogP contribution in [-0.2, 0) is 0 Å². The summed E-state index contributed by atoms with van der Waals surface area (Å²) in [6, 6.07) is 0.485. The molecule has 0 aromatic heterocycles. The van der Waals surface area contributed by atoms with Crippen molar-refractivity contribution < 1.29 is 0 Å². The quantitative estimate of drug-likeness (QED) is 0.627.